The van der Waals surface area contributed by atoms with Gasteiger partial charge < -0.3 is 15.7 Å². The van der Waals surface area contributed by atoms with Gasteiger partial charge in [-0.15, -0.1) is 0 Å². The zero-order valence-corrected chi connectivity index (χ0v) is 11.4. The minimum Gasteiger partial charge on any atom is -0.387 e. The van der Waals surface area contributed by atoms with Crippen LogP contribution in [0.15, 0.2) is 24.3 Å². The van der Waals surface area contributed by atoms with E-state index in [0.29, 0.717) is 5.92 Å². The number of carbonyl (C=O) groups excluding carboxylic acids is 1. The lowest BCUT2D eigenvalue weighted by molar-refractivity contribution is -0.137. The van der Waals surface area contributed by atoms with Crippen LogP contribution in [0.4, 0.5) is 18.0 Å². The summed E-state index contributed by atoms with van der Waals surface area (Å²) in [6.45, 7) is 1.86. The predicted molar refractivity (Wildman–Crippen MR) is 70.5 cm³/mol. The topological polar surface area (TPSA) is 61.4 Å². The maximum atomic E-state index is 12.6. The standard InChI is InChI=1S/C14H17F3N2O2/c1-8-5-11(8)19-13(21)18-7-12(20)9-3-2-4-10(6-9)14(15,16)17/h2-4,6,8,11-12,20H,5,7H2,1H3,(H2,18,19,21). The maximum absolute atomic E-state index is 12.6. The van der Waals surface area contributed by atoms with Crippen molar-refractivity contribution in [3.8, 4) is 0 Å². The van der Waals surface area contributed by atoms with Crippen LogP contribution >= 0.6 is 0 Å². The smallest absolute Gasteiger partial charge is 0.387 e. The molecule has 0 aliphatic heterocycles. The van der Waals surface area contributed by atoms with Crippen LogP contribution in [0.2, 0.25) is 0 Å². The highest BCUT2D eigenvalue weighted by Gasteiger charge is 2.34. The SMILES string of the molecule is CC1CC1NC(=O)NCC(O)c1cccc(C(F)(F)F)c1. The molecule has 1 saturated carbocycles. The van der Waals surface area contributed by atoms with Crippen molar-refractivity contribution in [1.29, 1.82) is 0 Å². The summed E-state index contributed by atoms with van der Waals surface area (Å²) in [7, 11) is 0. The first-order chi connectivity index (χ1) is 9.77. The summed E-state index contributed by atoms with van der Waals surface area (Å²) in [4.78, 5) is 11.5. The van der Waals surface area contributed by atoms with Crippen LogP contribution in [0.25, 0.3) is 0 Å². The summed E-state index contributed by atoms with van der Waals surface area (Å²) >= 11 is 0. The number of hydrogen-bond donors (Lipinski definition) is 3. The Morgan fingerprint density at radius 2 is 2.14 bits per heavy atom. The Hall–Kier alpha value is -1.76. The first-order valence-electron chi connectivity index (χ1n) is 6.67. The van der Waals surface area contributed by atoms with Crippen molar-refractivity contribution in [2.24, 2.45) is 5.92 Å². The van der Waals surface area contributed by atoms with Gasteiger partial charge in [-0.2, -0.15) is 13.2 Å². The summed E-state index contributed by atoms with van der Waals surface area (Å²) in [6.07, 6.45) is -4.72. The lowest BCUT2D eigenvalue weighted by Crippen LogP contribution is -2.39. The monoisotopic (exact) mass is 302 g/mol. The van der Waals surface area contributed by atoms with Crippen molar-refractivity contribution >= 4 is 6.03 Å². The Kier molecular flexibility index (Phi) is 4.41. The first-order valence-corrected chi connectivity index (χ1v) is 6.67. The quantitative estimate of drug-likeness (QED) is 0.800. The molecule has 0 heterocycles. The van der Waals surface area contributed by atoms with Gasteiger partial charge in [0.25, 0.3) is 0 Å². The molecule has 2 rings (SSSR count). The molecule has 0 bridgehead atoms. The molecule has 1 aromatic rings. The molecule has 21 heavy (non-hydrogen) atoms. The Morgan fingerprint density at radius 3 is 2.71 bits per heavy atom. The second-order valence-electron chi connectivity index (χ2n) is 5.31. The van der Waals surface area contributed by atoms with Gasteiger partial charge in [-0.05, 0) is 30.0 Å². The molecule has 0 aromatic heterocycles. The van der Waals surface area contributed by atoms with Crippen molar-refractivity contribution in [1.82, 2.24) is 10.6 Å². The highest BCUT2D eigenvalue weighted by atomic mass is 19.4. The Bertz CT molecular complexity index is 519. The predicted octanol–water partition coefficient (Wildman–Crippen LogP) is 2.45. The third-order valence-electron chi connectivity index (χ3n) is 3.48. The molecule has 1 aliphatic carbocycles. The normalized spacial score (nSPS) is 22.5. The Morgan fingerprint density at radius 1 is 1.48 bits per heavy atom. The van der Waals surface area contributed by atoms with Gasteiger partial charge in [0.15, 0.2) is 0 Å². The lowest BCUT2D eigenvalue weighted by atomic mass is 10.1. The number of rotatable bonds is 4. The van der Waals surface area contributed by atoms with Gasteiger partial charge in [0.05, 0.1) is 11.7 Å². The molecule has 0 radical (unpaired) electrons. The molecule has 1 fully saturated rings. The van der Waals surface area contributed by atoms with Gasteiger partial charge in [0.1, 0.15) is 0 Å². The second-order valence-corrected chi connectivity index (χ2v) is 5.31. The van der Waals surface area contributed by atoms with Gasteiger partial charge in [-0.3, -0.25) is 0 Å². The van der Waals surface area contributed by atoms with Crippen LogP contribution in [0, 0.1) is 5.92 Å². The van der Waals surface area contributed by atoms with Gasteiger partial charge in [0, 0.05) is 12.6 Å². The molecular formula is C14H17F3N2O2. The molecule has 0 saturated heterocycles. The van der Waals surface area contributed by atoms with E-state index < -0.39 is 23.9 Å². The molecular weight excluding hydrogens is 285 g/mol. The number of carbonyl (C=O) groups is 1. The van der Waals surface area contributed by atoms with Crippen molar-refractivity contribution in [2.75, 3.05) is 6.54 Å². The van der Waals surface area contributed by atoms with Crippen molar-refractivity contribution in [3.05, 3.63) is 35.4 Å². The fourth-order valence-electron chi connectivity index (χ4n) is 1.97. The van der Waals surface area contributed by atoms with Gasteiger partial charge in [-0.1, -0.05) is 19.1 Å². The fourth-order valence-corrected chi connectivity index (χ4v) is 1.97. The van der Waals surface area contributed by atoms with Crippen molar-refractivity contribution in [3.63, 3.8) is 0 Å². The van der Waals surface area contributed by atoms with E-state index in [2.05, 4.69) is 10.6 Å². The van der Waals surface area contributed by atoms with E-state index in [4.69, 9.17) is 0 Å². The highest BCUT2D eigenvalue weighted by Crippen LogP contribution is 2.31. The van der Waals surface area contributed by atoms with E-state index in [1.165, 1.54) is 12.1 Å². The molecule has 0 spiro atoms. The van der Waals surface area contributed by atoms with Gasteiger partial charge >= 0.3 is 12.2 Å². The van der Waals surface area contributed by atoms with Crippen LogP contribution in [0.1, 0.15) is 30.6 Å². The van der Waals surface area contributed by atoms with Crippen LogP contribution in [-0.2, 0) is 6.18 Å². The summed E-state index contributed by atoms with van der Waals surface area (Å²) in [5.41, 5.74) is -0.708. The first kappa shape index (κ1) is 15.6. The third-order valence-corrected chi connectivity index (χ3v) is 3.48. The van der Waals surface area contributed by atoms with Crippen molar-refractivity contribution < 1.29 is 23.1 Å². The molecule has 2 amide bonds. The minimum absolute atomic E-state index is 0.116. The molecule has 116 valence electrons. The molecule has 7 heteroatoms. The summed E-state index contributed by atoms with van der Waals surface area (Å²) in [5.74, 6) is 0.448. The zero-order valence-electron chi connectivity index (χ0n) is 11.4. The molecule has 1 aliphatic rings. The van der Waals surface area contributed by atoms with Crippen LogP contribution < -0.4 is 10.6 Å². The average Bonchev–Trinajstić information content (AvgIpc) is 3.10. The number of urea groups is 1. The van der Waals surface area contributed by atoms with Crippen LogP contribution in [0.5, 0.6) is 0 Å². The summed E-state index contributed by atoms with van der Waals surface area (Å²) in [6, 6.07) is 4.17. The van der Waals surface area contributed by atoms with E-state index in [9.17, 15) is 23.1 Å². The number of hydrogen-bond acceptors (Lipinski definition) is 2. The van der Waals surface area contributed by atoms with E-state index in [-0.39, 0.29) is 18.2 Å². The van der Waals surface area contributed by atoms with E-state index in [1.54, 1.807) is 0 Å². The number of amides is 2. The molecule has 3 unspecified atom stereocenters. The summed E-state index contributed by atoms with van der Waals surface area (Å²) < 4.78 is 37.7. The average molecular weight is 302 g/mol. The number of alkyl halides is 3. The van der Waals surface area contributed by atoms with Gasteiger partial charge in [0.2, 0.25) is 0 Å². The van der Waals surface area contributed by atoms with Crippen LogP contribution in [0.3, 0.4) is 0 Å². The number of halogens is 3. The molecule has 3 atom stereocenters. The largest absolute Gasteiger partial charge is 0.416 e. The summed E-state index contributed by atoms with van der Waals surface area (Å²) in [5, 5.41) is 15.0. The fraction of sp³-hybridized carbons (Fsp3) is 0.500. The van der Waals surface area contributed by atoms with Crippen molar-refractivity contribution in [2.45, 2.75) is 31.7 Å². The maximum Gasteiger partial charge on any atom is 0.416 e. The molecule has 3 N–H and O–H groups in total. The number of nitrogens with one attached hydrogen (secondary N) is 2. The van der Waals surface area contributed by atoms with E-state index >= 15 is 0 Å². The van der Waals surface area contributed by atoms with E-state index in [0.717, 1.165) is 18.6 Å². The number of aliphatic hydroxyl groups excluding tert-OH is 1. The molecule has 4 nitrogen and oxygen atoms in total. The van der Waals surface area contributed by atoms with Crippen LogP contribution in [-0.4, -0.2) is 23.7 Å². The number of aliphatic hydroxyl groups is 1. The number of benzene rings is 1. The third kappa shape index (κ3) is 4.35. The lowest BCUT2D eigenvalue weighted by Gasteiger charge is -2.15. The van der Waals surface area contributed by atoms with E-state index in [1.807, 2.05) is 6.92 Å². The second kappa shape index (κ2) is 5.93. The van der Waals surface area contributed by atoms with Gasteiger partial charge in [-0.25, -0.2) is 4.79 Å². The Labute approximate surface area is 120 Å². The highest BCUT2D eigenvalue weighted by molar-refractivity contribution is 5.74. The molecule has 1 aromatic carbocycles. The Balaban J connectivity index is 1.88. The minimum atomic E-state index is -4.46. The zero-order chi connectivity index (χ0) is 15.6.